The second-order valence-corrected chi connectivity index (χ2v) is 7.62. The maximum absolute atomic E-state index is 13.0. The molecule has 166 valence electrons. The number of anilines is 1. The monoisotopic (exact) mass is 447 g/mol. The molecule has 0 radical (unpaired) electrons. The van der Waals surface area contributed by atoms with E-state index in [4.69, 9.17) is 10.00 Å². The standard InChI is InChI=1S/C28H21N3O3/c1-19-24(22-9-3-2-4-10-22)11-6-12-25(19)31-28(33)26-14-27(23(17-32)16-30-26)34-18-21-8-5-7-20(13-21)15-29/h2-14,16-17H,18H2,1H3,(H,31,33). The molecule has 1 amide bonds. The van der Waals surface area contributed by atoms with Gasteiger partial charge in [-0.1, -0.05) is 54.6 Å². The van der Waals surface area contributed by atoms with Gasteiger partial charge in [0, 0.05) is 18.0 Å². The van der Waals surface area contributed by atoms with Crippen molar-refractivity contribution in [3.05, 3.63) is 113 Å². The van der Waals surface area contributed by atoms with Crippen molar-refractivity contribution in [3.63, 3.8) is 0 Å². The fourth-order valence-corrected chi connectivity index (χ4v) is 3.56. The molecule has 6 heteroatoms. The quantitative estimate of drug-likeness (QED) is 0.374. The Kier molecular flexibility index (Phi) is 6.76. The molecular weight excluding hydrogens is 426 g/mol. The number of pyridine rings is 1. The third-order valence-electron chi connectivity index (χ3n) is 5.37. The van der Waals surface area contributed by atoms with Crippen LogP contribution in [0, 0.1) is 18.3 Å². The smallest absolute Gasteiger partial charge is 0.274 e. The summed E-state index contributed by atoms with van der Waals surface area (Å²) in [4.78, 5) is 28.6. The highest BCUT2D eigenvalue weighted by Gasteiger charge is 2.15. The molecule has 0 saturated heterocycles. The summed E-state index contributed by atoms with van der Waals surface area (Å²) in [6.45, 7) is 2.09. The van der Waals surface area contributed by atoms with E-state index in [1.54, 1.807) is 18.2 Å². The van der Waals surface area contributed by atoms with E-state index in [0.717, 1.165) is 22.3 Å². The van der Waals surface area contributed by atoms with Gasteiger partial charge in [0.2, 0.25) is 0 Å². The van der Waals surface area contributed by atoms with Gasteiger partial charge in [-0.3, -0.25) is 14.6 Å². The minimum absolute atomic E-state index is 0.121. The molecule has 3 aromatic carbocycles. The minimum atomic E-state index is -0.415. The number of carbonyl (C=O) groups is 2. The molecule has 1 N–H and O–H groups in total. The van der Waals surface area contributed by atoms with Crippen molar-refractivity contribution < 1.29 is 14.3 Å². The van der Waals surface area contributed by atoms with E-state index in [0.29, 0.717) is 17.5 Å². The zero-order valence-electron chi connectivity index (χ0n) is 18.5. The second-order valence-electron chi connectivity index (χ2n) is 7.62. The molecule has 0 fully saturated rings. The van der Waals surface area contributed by atoms with Crippen LogP contribution in [-0.4, -0.2) is 17.2 Å². The summed E-state index contributed by atoms with van der Waals surface area (Å²) >= 11 is 0. The minimum Gasteiger partial charge on any atom is -0.488 e. The first kappa shape index (κ1) is 22.4. The molecule has 1 heterocycles. The Labute approximate surface area is 197 Å². The van der Waals surface area contributed by atoms with E-state index < -0.39 is 5.91 Å². The molecule has 4 rings (SSSR count). The van der Waals surface area contributed by atoms with E-state index in [-0.39, 0.29) is 23.6 Å². The molecule has 0 aliphatic carbocycles. The van der Waals surface area contributed by atoms with Crippen molar-refractivity contribution in [3.8, 4) is 22.9 Å². The summed E-state index contributed by atoms with van der Waals surface area (Å²) in [6, 6.07) is 26.2. The highest BCUT2D eigenvalue weighted by Crippen LogP contribution is 2.29. The van der Waals surface area contributed by atoms with Crippen molar-refractivity contribution in [1.29, 1.82) is 5.26 Å². The van der Waals surface area contributed by atoms with Crippen molar-refractivity contribution in [2.45, 2.75) is 13.5 Å². The molecule has 0 unspecified atom stereocenters. The van der Waals surface area contributed by atoms with Crippen LogP contribution in [-0.2, 0) is 6.61 Å². The van der Waals surface area contributed by atoms with Crippen molar-refractivity contribution in [1.82, 2.24) is 4.98 Å². The van der Waals surface area contributed by atoms with Gasteiger partial charge in [-0.15, -0.1) is 0 Å². The van der Waals surface area contributed by atoms with E-state index in [2.05, 4.69) is 16.4 Å². The predicted octanol–water partition coefficient (Wildman–Crippen LogP) is 5.57. The van der Waals surface area contributed by atoms with Gasteiger partial charge in [-0.25, -0.2) is 0 Å². The van der Waals surface area contributed by atoms with Gasteiger partial charge in [0.1, 0.15) is 18.1 Å². The first-order valence-electron chi connectivity index (χ1n) is 10.6. The molecule has 0 atom stereocenters. The molecule has 0 saturated carbocycles. The third kappa shape index (κ3) is 5.00. The number of carbonyl (C=O) groups excluding carboxylic acids is 2. The SMILES string of the molecule is Cc1c(NC(=O)c2cc(OCc3cccc(C#N)c3)c(C=O)cn2)cccc1-c1ccccc1. The lowest BCUT2D eigenvalue weighted by Crippen LogP contribution is -2.15. The molecule has 1 aromatic heterocycles. The summed E-state index contributed by atoms with van der Waals surface area (Å²) in [5, 5.41) is 12.0. The molecule has 4 aromatic rings. The number of nitrogens with one attached hydrogen (secondary N) is 1. The van der Waals surface area contributed by atoms with Crippen LogP contribution in [0.3, 0.4) is 0 Å². The molecule has 6 nitrogen and oxygen atoms in total. The topological polar surface area (TPSA) is 92.1 Å². The Hall–Kier alpha value is -4.76. The Bertz CT molecular complexity index is 1390. The van der Waals surface area contributed by atoms with Crippen molar-refractivity contribution in [2.75, 3.05) is 5.32 Å². The van der Waals surface area contributed by atoms with Crippen LogP contribution in [0.5, 0.6) is 5.75 Å². The maximum Gasteiger partial charge on any atom is 0.274 e. The number of hydrogen-bond acceptors (Lipinski definition) is 5. The van der Waals surface area contributed by atoms with E-state index in [1.165, 1.54) is 12.3 Å². The molecule has 34 heavy (non-hydrogen) atoms. The summed E-state index contributed by atoms with van der Waals surface area (Å²) < 4.78 is 5.79. The number of benzene rings is 3. The fourth-order valence-electron chi connectivity index (χ4n) is 3.56. The molecule has 0 spiro atoms. The van der Waals surface area contributed by atoms with E-state index >= 15 is 0 Å². The number of hydrogen-bond donors (Lipinski definition) is 1. The van der Waals surface area contributed by atoms with Gasteiger partial charge in [0.05, 0.1) is 17.2 Å². The Morgan fingerprint density at radius 3 is 2.62 bits per heavy atom. The zero-order chi connectivity index (χ0) is 23.9. The van der Waals surface area contributed by atoms with Crippen LogP contribution in [0.15, 0.2) is 85.1 Å². The molecule has 0 aliphatic heterocycles. The number of rotatable bonds is 7. The lowest BCUT2D eigenvalue weighted by molar-refractivity contribution is 0.102. The first-order valence-corrected chi connectivity index (χ1v) is 10.6. The number of amides is 1. The summed E-state index contributed by atoms with van der Waals surface area (Å²) in [6.07, 6.45) is 1.94. The number of nitriles is 1. The normalized spacial score (nSPS) is 10.2. The Morgan fingerprint density at radius 2 is 1.85 bits per heavy atom. The average molecular weight is 447 g/mol. The second kappa shape index (κ2) is 10.2. The highest BCUT2D eigenvalue weighted by atomic mass is 16.5. The van der Waals surface area contributed by atoms with Crippen LogP contribution in [0.2, 0.25) is 0 Å². The van der Waals surface area contributed by atoms with Gasteiger partial charge in [-0.05, 0) is 47.4 Å². The van der Waals surface area contributed by atoms with Crippen LogP contribution in [0.4, 0.5) is 5.69 Å². The van der Waals surface area contributed by atoms with Crippen LogP contribution < -0.4 is 10.1 Å². The largest absolute Gasteiger partial charge is 0.488 e. The van der Waals surface area contributed by atoms with Gasteiger partial charge in [-0.2, -0.15) is 5.26 Å². The predicted molar refractivity (Wildman–Crippen MR) is 130 cm³/mol. The highest BCUT2D eigenvalue weighted by molar-refractivity contribution is 6.04. The Morgan fingerprint density at radius 1 is 1.06 bits per heavy atom. The fraction of sp³-hybridized carbons (Fsp3) is 0.0714. The maximum atomic E-state index is 13.0. The molecule has 0 bridgehead atoms. The van der Waals surface area contributed by atoms with Crippen LogP contribution in [0.1, 0.15) is 37.5 Å². The average Bonchev–Trinajstić information content (AvgIpc) is 2.89. The number of ether oxygens (including phenoxy) is 1. The van der Waals surface area contributed by atoms with E-state index in [1.807, 2.05) is 61.5 Å². The summed E-state index contributed by atoms with van der Waals surface area (Å²) in [5.74, 6) is -0.172. The number of nitrogens with zero attached hydrogens (tertiary/aromatic N) is 2. The van der Waals surface area contributed by atoms with Gasteiger partial charge in [0.25, 0.3) is 5.91 Å². The number of aldehydes is 1. The van der Waals surface area contributed by atoms with Crippen molar-refractivity contribution >= 4 is 17.9 Å². The summed E-state index contributed by atoms with van der Waals surface area (Å²) in [7, 11) is 0. The van der Waals surface area contributed by atoms with Gasteiger partial charge < -0.3 is 10.1 Å². The van der Waals surface area contributed by atoms with Crippen LogP contribution >= 0.6 is 0 Å². The lowest BCUT2D eigenvalue weighted by Gasteiger charge is -2.14. The van der Waals surface area contributed by atoms with Crippen LogP contribution in [0.25, 0.3) is 11.1 Å². The molecular formula is C28H21N3O3. The lowest BCUT2D eigenvalue weighted by atomic mass is 9.99. The molecule has 0 aliphatic rings. The third-order valence-corrected chi connectivity index (χ3v) is 5.37. The Balaban J connectivity index is 1.55. The number of aromatic nitrogens is 1. The summed E-state index contributed by atoms with van der Waals surface area (Å²) in [5.41, 5.74) is 5.31. The first-order chi connectivity index (χ1) is 16.6. The zero-order valence-corrected chi connectivity index (χ0v) is 18.5. The van der Waals surface area contributed by atoms with E-state index in [9.17, 15) is 9.59 Å². The van der Waals surface area contributed by atoms with Gasteiger partial charge >= 0.3 is 0 Å². The van der Waals surface area contributed by atoms with Gasteiger partial charge in [0.15, 0.2) is 6.29 Å². The van der Waals surface area contributed by atoms with Crippen molar-refractivity contribution in [2.24, 2.45) is 0 Å².